The second kappa shape index (κ2) is 7.96. The zero-order valence-corrected chi connectivity index (χ0v) is 14.3. The van der Waals surface area contributed by atoms with Gasteiger partial charge in [-0.05, 0) is 24.3 Å². The number of halogens is 3. The number of anilines is 1. The summed E-state index contributed by atoms with van der Waals surface area (Å²) in [5, 5.41) is 13.6. The van der Waals surface area contributed by atoms with Gasteiger partial charge < -0.3 is 10.1 Å². The van der Waals surface area contributed by atoms with Crippen molar-refractivity contribution in [2.45, 2.75) is 0 Å². The number of nitro benzene ring substituents is 1. The van der Waals surface area contributed by atoms with Crippen LogP contribution in [0.2, 0.25) is 10.0 Å². The Labute approximate surface area is 152 Å². The van der Waals surface area contributed by atoms with Gasteiger partial charge in [0, 0.05) is 28.8 Å². The van der Waals surface area contributed by atoms with E-state index < -0.39 is 16.6 Å². The van der Waals surface area contributed by atoms with Gasteiger partial charge in [-0.1, -0.05) is 23.2 Å². The first-order chi connectivity index (χ1) is 11.8. The van der Waals surface area contributed by atoms with Gasteiger partial charge in [-0.15, -0.1) is 0 Å². The average Bonchev–Trinajstić information content (AvgIpc) is 2.54. The number of nitrogens with one attached hydrogen (secondary N) is 1. The predicted molar refractivity (Wildman–Crippen MR) is 93.7 cm³/mol. The van der Waals surface area contributed by atoms with E-state index >= 15 is 0 Å². The van der Waals surface area contributed by atoms with Crippen molar-refractivity contribution >= 4 is 46.6 Å². The number of nitrogens with zero attached hydrogens (tertiary/aromatic N) is 1. The van der Waals surface area contributed by atoms with E-state index in [1.165, 1.54) is 25.3 Å². The predicted octanol–water partition coefficient (Wildman–Crippen LogP) is 4.70. The van der Waals surface area contributed by atoms with Crippen LogP contribution >= 0.6 is 23.2 Å². The Morgan fingerprint density at radius 3 is 2.68 bits per heavy atom. The van der Waals surface area contributed by atoms with Gasteiger partial charge in [0.2, 0.25) is 5.91 Å². The third-order valence-corrected chi connectivity index (χ3v) is 3.57. The number of amides is 1. The molecule has 0 fully saturated rings. The average molecular weight is 385 g/mol. The number of non-ortho nitro benzene ring substituents is 1. The number of benzene rings is 2. The first kappa shape index (κ1) is 18.7. The number of carbonyl (C=O) groups is 1. The minimum Gasteiger partial charge on any atom is -0.495 e. The van der Waals surface area contributed by atoms with Crippen LogP contribution in [-0.2, 0) is 4.79 Å². The van der Waals surface area contributed by atoms with Crippen LogP contribution in [0, 0.1) is 15.9 Å². The molecular weight excluding hydrogens is 374 g/mol. The third-order valence-electron chi connectivity index (χ3n) is 3.07. The Bertz CT molecular complexity index is 871. The van der Waals surface area contributed by atoms with E-state index in [9.17, 15) is 19.3 Å². The molecule has 6 nitrogen and oxygen atoms in total. The van der Waals surface area contributed by atoms with Gasteiger partial charge in [-0.25, -0.2) is 4.39 Å². The molecule has 0 radical (unpaired) electrons. The summed E-state index contributed by atoms with van der Waals surface area (Å²) in [5.74, 6) is -1.18. The molecule has 0 aliphatic rings. The molecule has 0 unspecified atom stereocenters. The summed E-state index contributed by atoms with van der Waals surface area (Å²) < 4.78 is 18.8. The molecule has 0 atom stereocenters. The number of nitro groups is 1. The number of carbonyl (C=O) groups excluding carboxylic acids is 1. The van der Waals surface area contributed by atoms with Crippen LogP contribution in [0.3, 0.4) is 0 Å². The van der Waals surface area contributed by atoms with E-state index in [2.05, 4.69) is 5.32 Å². The van der Waals surface area contributed by atoms with Gasteiger partial charge >= 0.3 is 0 Å². The molecule has 0 bridgehead atoms. The highest BCUT2D eigenvalue weighted by Gasteiger charge is 2.12. The van der Waals surface area contributed by atoms with Crippen molar-refractivity contribution in [3.8, 4) is 5.75 Å². The molecule has 2 aromatic rings. The van der Waals surface area contributed by atoms with E-state index in [0.29, 0.717) is 16.3 Å². The molecule has 0 aliphatic heterocycles. The zero-order chi connectivity index (χ0) is 18.6. The summed E-state index contributed by atoms with van der Waals surface area (Å²) in [4.78, 5) is 22.0. The Morgan fingerprint density at radius 2 is 2.04 bits per heavy atom. The fourth-order valence-corrected chi connectivity index (χ4v) is 2.57. The Balaban J connectivity index is 2.22. The quantitative estimate of drug-likeness (QED) is 0.460. The molecule has 0 aromatic heterocycles. The number of ether oxygens (including phenoxy) is 1. The van der Waals surface area contributed by atoms with E-state index in [4.69, 9.17) is 27.9 Å². The van der Waals surface area contributed by atoms with Crippen LogP contribution in [0.15, 0.2) is 36.4 Å². The lowest BCUT2D eigenvalue weighted by atomic mass is 10.2. The van der Waals surface area contributed by atoms with Gasteiger partial charge in [0.15, 0.2) is 0 Å². The molecule has 130 valence electrons. The number of rotatable bonds is 5. The Kier molecular flexibility index (Phi) is 5.95. The minimum atomic E-state index is -0.796. The van der Waals surface area contributed by atoms with Crippen molar-refractivity contribution in [3.05, 3.63) is 67.9 Å². The summed E-state index contributed by atoms with van der Waals surface area (Å²) in [5.41, 5.74) is -0.210. The lowest BCUT2D eigenvalue weighted by Gasteiger charge is -2.08. The first-order valence-electron chi connectivity index (χ1n) is 6.78. The number of hydrogen-bond acceptors (Lipinski definition) is 4. The van der Waals surface area contributed by atoms with Crippen LogP contribution in [0.5, 0.6) is 5.75 Å². The summed E-state index contributed by atoms with van der Waals surface area (Å²) in [6, 6.07) is 5.84. The van der Waals surface area contributed by atoms with E-state index in [-0.39, 0.29) is 16.4 Å². The second-order valence-corrected chi connectivity index (χ2v) is 5.60. The maximum absolute atomic E-state index is 13.7. The van der Waals surface area contributed by atoms with Crippen LogP contribution < -0.4 is 10.1 Å². The van der Waals surface area contributed by atoms with Crippen molar-refractivity contribution < 1.29 is 18.8 Å². The van der Waals surface area contributed by atoms with Crippen molar-refractivity contribution in [1.82, 2.24) is 0 Å². The molecule has 1 N–H and O–H groups in total. The molecule has 1 amide bonds. The van der Waals surface area contributed by atoms with Gasteiger partial charge in [0.1, 0.15) is 11.6 Å². The summed E-state index contributed by atoms with van der Waals surface area (Å²) >= 11 is 11.9. The summed E-state index contributed by atoms with van der Waals surface area (Å²) in [7, 11) is 1.41. The van der Waals surface area contributed by atoms with Crippen molar-refractivity contribution in [1.29, 1.82) is 0 Å². The Hall–Kier alpha value is -2.64. The maximum atomic E-state index is 13.7. The van der Waals surface area contributed by atoms with Gasteiger partial charge in [-0.3, -0.25) is 14.9 Å². The lowest BCUT2D eigenvalue weighted by molar-refractivity contribution is -0.384. The summed E-state index contributed by atoms with van der Waals surface area (Å²) in [6.07, 6.45) is 2.48. The molecule has 0 saturated carbocycles. The SMILES string of the molecule is COc1c(Cl)cc(Cl)cc1C=CC(=O)Nc1cc([N+](=O)[O-])ccc1F. The third kappa shape index (κ3) is 4.68. The minimum absolute atomic E-state index is 0.264. The van der Waals surface area contributed by atoms with Crippen LogP contribution in [0.25, 0.3) is 6.08 Å². The molecule has 0 spiro atoms. The molecule has 2 aromatic carbocycles. The molecule has 0 aliphatic carbocycles. The van der Waals surface area contributed by atoms with Crippen molar-refractivity contribution in [2.75, 3.05) is 12.4 Å². The number of hydrogen-bond donors (Lipinski definition) is 1. The van der Waals surface area contributed by atoms with Crippen molar-refractivity contribution in [3.63, 3.8) is 0 Å². The monoisotopic (exact) mass is 384 g/mol. The highest BCUT2D eigenvalue weighted by Crippen LogP contribution is 2.33. The van der Waals surface area contributed by atoms with Crippen LogP contribution in [0.1, 0.15) is 5.56 Å². The highest BCUT2D eigenvalue weighted by molar-refractivity contribution is 6.36. The molecular formula is C16H11Cl2FN2O4. The van der Waals surface area contributed by atoms with E-state index in [1.54, 1.807) is 0 Å². The van der Waals surface area contributed by atoms with Gasteiger partial charge in [0.25, 0.3) is 5.69 Å². The molecule has 0 saturated heterocycles. The van der Waals surface area contributed by atoms with Crippen LogP contribution in [-0.4, -0.2) is 17.9 Å². The lowest BCUT2D eigenvalue weighted by Crippen LogP contribution is -2.09. The molecule has 2 rings (SSSR count). The van der Waals surface area contributed by atoms with Gasteiger partial charge in [-0.2, -0.15) is 0 Å². The molecule has 9 heteroatoms. The van der Waals surface area contributed by atoms with Crippen LogP contribution in [0.4, 0.5) is 15.8 Å². The fraction of sp³-hybridized carbons (Fsp3) is 0.0625. The largest absolute Gasteiger partial charge is 0.495 e. The standard InChI is InChI=1S/C16H11Cl2FN2O4/c1-25-16-9(6-10(17)7-12(16)18)2-5-15(22)20-14-8-11(21(23)24)3-4-13(14)19/h2-8H,1H3,(H,20,22). The maximum Gasteiger partial charge on any atom is 0.271 e. The molecule has 25 heavy (non-hydrogen) atoms. The second-order valence-electron chi connectivity index (χ2n) is 4.75. The number of methoxy groups -OCH3 is 1. The van der Waals surface area contributed by atoms with E-state index in [0.717, 1.165) is 24.3 Å². The first-order valence-corrected chi connectivity index (χ1v) is 7.53. The normalized spacial score (nSPS) is 10.7. The molecule has 0 heterocycles. The Morgan fingerprint density at radius 1 is 1.32 bits per heavy atom. The zero-order valence-electron chi connectivity index (χ0n) is 12.8. The van der Waals surface area contributed by atoms with Gasteiger partial charge in [0.05, 0.1) is 22.7 Å². The fourth-order valence-electron chi connectivity index (χ4n) is 1.98. The topological polar surface area (TPSA) is 81.5 Å². The highest BCUT2D eigenvalue weighted by atomic mass is 35.5. The van der Waals surface area contributed by atoms with Crippen molar-refractivity contribution in [2.24, 2.45) is 0 Å². The van der Waals surface area contributed by atoms with E-state index in [1.807, 2.05) is 0 Å². The smallest absolute Gasteiger partial charge is 0.271 e. The summed E-state index contributed by atoms with van der Waals surface area (Å²) in [6.45, 7) is 0.